The molecule has 0 spiro atoms. The molecule has 1 saturated heterocycles. The first-order valence-electron chi connectivity index (χ1n) is 6.02. The first-order valence-corrected chi connectivity index (χ1v) is 7.74. The predicted octanol–water partition coefficient (Wildman–Crippen LogP) is 0.479. The lowest BCUT2D eigenvalue weighted by Gasteiger charge is -2.18. The fraction of sp³-hybridized carbons (Fsp3) is 1.00. The van der Waals surface area contributed by atoms with Gasteiger partial charge >= 0.3 is 0 Å². The normalized spacial score (nSPS) is 25.2. The van der Waals surface area contributed by atoms with Crippen molar-refractivity contribution in [1.82, 2.24) is 4.90 Å². The van der Waals surface area contributed by atoms with Crippen LogP contribution in [0.15, 0.2) is 0 Å². The van der Waals surface area contributed by atoms with Gasteiger partial charge in [-0.1, -0.05) is 0 Å². The van der Waals surface area contributed by atoms with Gasteiger partial charge in [0, 0.05) is 19.1 Å². The zero-order valence-corrected chi connectivity index (χ0v) is 11.3. The molecule has 1 heterocycles. The maximum Gasteiger partial charge on any atom is 0.153 e. The first-order chi connectivity index (χ1) is 7.33. The fourth-order valence-corrected chi connectivity index (χ4v) is 2.97. The van der Waals surface area contributed by atoms with Gasteiger partial charge in [-0.15, -0.1) is 0 Å². The van der Waals surface area contributed by atoms with Crippen LogP contribution in [-0.4, -0.2) is 50.0 Å². The van der Waals surface area contributed by atoms with Gasteiger partial charge in [0.15, 0.2) is 9.84 Å². The lowest BCUT2D eigenvalue weighted by atomic mass is 10.0. The number of nitrogens with two attached hydrogens (primary N) is 1. The molecule has 4 nitrogen and oxygen atoms in total. The fourth-order valence-electron chi connectivity index (χ4n) is 1.99. The highest BCUT2D eigenvalue weighted by Crippen LogP contribution is 2.18. The molecule has 2 N–H and O–H groups in total. The lowest BCUT2D eigenvalue weighted by Crippen LogP contribution is -2.33. The number of hydrogen-bond donors (Lipinski definition) is 1. The summed E-state index contributed by atoms with van der Waals surface area (Å²) in [4.78, 5) is 2.22. The van der Waals surface area contributed by atoms with E-state index >= 15 is 0 Å². The van der Waals surface area contributed by atoms with Gasteiger partial charge < -0.3 is 10.6 Å². The predicted molar refractivity (Wildman–Crippen MR) is 67.1 cm³/mol. The molecular weight excluding hydrogens is 224 g/mol. The van der Waals surface area contributed by atoms with Gasteiger partial charge in [0.05, 0.1) is 11.0 Å². The highest BCUT2D eigenvalue weighted by Gasteiger charge is 2.26. The molecule has 0 aromatic carbocycles. The van der Waals surface area contributed by atoms with E-state index in [1.165, 1.54) is 0 Å². The molecule has 1 rings (SSSR count). The summed E-state index contributed by atoms with van der Waals surface area (Å²) in [6.45, 7) is 8.10. The van der Waals surface area contributed by atoms with Crippen LogP contribution in [-0.2, 0) is 9.84 Å². The summed E-state index contributed by atoms with van der Waals surface area (Å²) in [6, 6.07) is 0.215. The highest BCUT2D eigenvalue weighted by atomic mass is 32.2. The summed E-state index contributed by atoms with van der Waals surface area (Å²) < 4.78 is 23.3. The van der Waals surface area contributed by atoms with Crippen LogP contribution >= 0.6 is 0 Å². The zero-order chi connectivity index (χ0) is 12.3. The summed E-state index contributed by atoms with van der Waals surface area (Å²) >= 11 is 0. The second-order valence-corrected chi connectivity index (χ2v) is 7.80. The summed E-state index contributed by atoms with van der Waals surface area (Å²) in [5.74, 6) is 0.804. The molecule has 0 aromatic heterocycles. The number of nitrogens with zero attached hydrogens (tertiary/aromatic N) is 1. The van der Waals surface area contributed by atoms with E-state index in [0.29, 0.717) is 12.5 Å². The van der Waals surface area contributed by atoms with Crippen molar-refractivity contribution in [2.45, 2.75) is 38.5 Å². The Labute approximate surface area is 99.1 Å². The van der Waals surface area contributed by atoms with Crippen molar-refractivity contribution >= 4 is 9.84 Å². The quantitative estimate of drug-likeness (QED) is 0.768. The summed E-state index contributed by atoms with van der Waals surface area (Å²) in [7, 11) is -2.90. The van der Waals surface area contributed by atoms with Gasteiger partial charge in [-0.25, -0.2) is 8.42 Å². The molecular formula is C11H24N2O2S. The van der Waals surface area contributed by atoms with Gasteiger partial charge in [-0.2, -0.15) is 0 Å². The molecule has 2 atom stereocenters. The van der Waals surface area contributed by atoms with E-state index in [0.717, 1.165) is 19.5 Å². The van der Waals surface area contributed by atoms with E-state index in [1.807, 2.05) is 6.92 Å². The van der Waals surface area contributed by atoms with Crippen LogP contribution in [0.2, 0.25) is 0 Å². The van der Waals surface area contributed by atoms with Gasteiger partial charge in [0.2, 0.25) is 0 Å². The van der Waals surface area contributed by atoms with Crippen molar-refractivity contribution < 1.29 is 8.42 Å². The van der Waals surface area contributed by atoms with Crippen molar-refractivity contribution in [2.75, 3.05) is 25.4 Å². The van der Waals surface area contributed by atoms with E-state index in [-0.39, 0.29) is 17.0 Å². The average Bonchev–Trinajstić information content (AvgIpc) is 2.63. The van der Waals surface area contributed by atoms with E-state index in [1.54, 1.807) is 13.8 Å². The average molecular weight is 248 g/mol. The third-order valence-corrected chi connectivity index (χ3v) is 5.65. The Balaban J connectivity index is 2.36. The molecule has 1 fully saturated rings. The molecule has 5 heteroatoms. The van der Waals surface area contributed by atoms with Crippen LogP contribution in [0.3, 0.4) is 0 Å². The summed E-state index contributed by atoms with van der Waals surface area (Å²) in [5.41, 5.74) is 5.85. The lowest BCUT2D eigenvalue weighted by molar-refractivity contribution is 0.332. The Kier molecular flexibility index (Phi) is 4.76. The molecule has 0 radical (unpaired) electrons. The number of sulfone groups is 1. The summed E-state index contributed by atoms with van der Waals surface area (Å²) in [6.07, 6.45) is 1.10. The topological polar surface area (TPSA) is 63.4 Å². The van der Waals surface area contributed by atoms with E-state index < -0.39 is 9.84 Å². The van der Waals surface area contributed by atoms with Crippen LogP contribution in [0.1, 0.15) is 27.2 Å². The minimum Gasteiger partial charge on any atom is -0.328 e. The Hall–Kier alpha value is -0.130. The maximum absolute atomic E-state index is 11.7. The van der Waals surface area contributed by atoms with Crippen LogP contribution in [0.25, 0.3) is 0 Å². The van der Waals surface area contributed by atoms with Crippen LogP contribution in [0.5, 0.6) is 0 Å². The van der Waals surface area contributed by atoms with Gasteiger partial charge in [0.25, 0.3) is 0 Å². The number of likely N-dealkylation sites (tertiary alicyclic amines) is 1. The molecule has 0 aliphatic carbocycles. The Morgan fingerprint density at radius 3 is 2.44 bits per heavy atom. The zero-order valence-electron chi connectivity index (χ0n) is 10.5. The molecule has 1 aliphatic rings. The van der Waals surface area contributed by atoms with Crippen molar-refractivity contribution in [1.29, 1.82) is 0 Å². The van der Waals surface area contributed by atoms with E-state index in [4.69, 9.17) is 5.73 Å². The molecule has 96 valence electrons. The first kappa shape index (κ1) is 13.9. The smallest absolute Gasteiger partial charge is 0.153 e. The van der Waals surface area contributed by atoms with Crippen LogP contribution < -0.4 is 5.73 Å². The van der Waals surface area contributed by atoms with E-state index in [2.05, 4.69) is 4.90 Å². The third kappa shape index (κ3) is 3.71. The summed E-state index contributed by atoms with van der Waals surface area (Å²) in [5, 5.41) is -0.265. The maximum atomic E-state index is 11.7. The monoisotopic (exact) mass is 248 g/mol. The van der Waals surface area contributed by atoms with Crippen molar-refractivity contribution in [3.05, 3.63) is 0 Å². The van der Waals surface area contributed by atoms with Crippen molar-refractivity contribution in [2.24, 2.45) is 11.7 Å². The van der Waals surface area contributed by atoms with Gasteiger partial charge in [-0.3, -0.25) is 0 Å². The molecule has 0 amide bonds. The molecule has 16 heavy (non-hydrogen) atoms. The SMILES string of the molecule is CC(N)C1CCN(CCS(=O)(=O)C(C)C)C1. The largest absolute Gasteiger partial charge is 0.328 e. The second kappa shape index (κ2) is 5.47. The molecule has 0 saturated carbocycles. The second-order valence-electron chi connectivity index (χ2n) is 5.12. The molecule has 2 unspecified atom stereocenters. The minimum absolute atomic E-state index is 0.215. The standard InChI is InChI=1S/C11H24N2O2S/c1-9(2)16(14,15)7-6-13-5-4-11(8-13)10(3)12/h9-11H,4-8,12H2,1-3H3. The van der Waals surface area contributed by atoms with Crippen molar-refractivity contribution in [3.63, 3.8) is 0 Å². The van der Waals surface area contributed by atoms with Gasteiger partial charge in [-0.05, 0) is 39.7 Å². The van der Waals surface area contributed by atoms with Crippen LogP contribution in [0.4, 0.5) is 0 Å². The highest BCUT2D eigenvalue weighted by molar-refractivity contribution is 7.92. The van der Waals surface area contributed by atoms with Crippen molar-refractivity contribution in [3.8, 4) is 0 Å². The Morgan fingerprint density at radius 1 is 1.38 bits per heavy atom. The number of rotatable bonds is 5. The number of hydrogen-bond acceptors (Lipinski definition) is 4. The third-order valence-electron chi connectivity index (χ3n) is 3.46. The molecule has 0 aromatic rings. The Morgan fingerprint density at radius 2 is 2.00 bits per heavy atom. The molecule has 1 aliphatic heterocycles. The van der Waals surface area contributed by atoms with Gasteiger partial charge in [0.1, 0.15) is 0 Å². The Bertz CT molecular complexity index is 312. The minimum atomic E-state index is -2.90. The van der Waals surface area contributed by atoms with E-state index in [9.17, 15) is 8.42 Å². The van der Waals surface area contributed by atoms with Crippen LogP contribution in [0, 0.1) is 5.92 Å². The molecule has 0 bridgehead atoms.